The van der Waals surface area contributed by atoms with E-state index in [1.165, 1.54) is 31.4 Å². The van der Waals surface area contributed by atoms with Crippen molar-refractivity contribution in [3.8, 4) is 22.8 Å². The monoisotopic (exact) mass is 387 g/mol. The van der Waals surface area contributed by atoms with Gasteiger partial charge in [0.15, 0.2) is 5.82 Å². The topological polar surface area (TPSA) is 73.9 Å². The van der Waals surface area contributed by atoms with Crippen molar-refractivity contribution in [1.82, 2.24) is 20.3 Å². The van der Waals surface area contributed by atoms with Crippen molar-refractivity contribution < 1.29 is 4.79 Å². The molecule has 4 heterocycles. The minimum Gasteiger partial charge on any atom is -0.371 e. The Labute approximate surface area is 170 Å². The van der Waals surface area contributed by atoms with Gasteiger partial charge in [-0.05, 0) is 37.1 Å². The van der Waals surface area contributed by atoms with E-state index in [4.69, 9.17) is 4.98 Å². The number of carbonyl (C=O) groups excluding carboxylic acids is 1. The van der Waals surface area contributed by atoms with E-state index in [1.807, 2.05) is 18.2 Å². The first kappa shape index (κ1) is 17.9. The maximum absolute atomic E-state index is 12.1. The summed E-state index contributed by atoms with van der Waals surface area (Å²) >= 11 is 0. The smallest absolute Gasteiger partial charge is 0.253 e. The Morgan fingerprint density at radius 2 is 1.79 bits per heavy atom. The quantitative estimate of drug-likeness (QED) is 0.717. The molecule has 2 aromatic heterocycles. The summed E-state index contributed by atoms with van der Waals surface area (Å²) in [7, 11) is 0. The van der Waals surface area contributed by atoms with Gasteiger partial charge in [-0.3, -0.25) is 4.79 Å². The van der Waals surface area contributed by atoms with Gasteiger partial charge in [-0.15, -0.1) is 0 Å². The molecule has 0 spiro atoms. The molecule has 0 bridgehead atoms. The first-order valence-corrected chi connectivity index (χ1v) is 10.5. The van der Waals surface area contributed by atoms with E-state index >= 15 is 0 Å². The standard InChI is InChI=1S/C23H25N5O/c29-23-17-15-20(26-18(17)9-12-25-23)19-10-11-24-22(27-19)16-7-3-4-8-21(16)28-13-5-1-2-6-14-28/h3-4,7-8,10-11,15,26H,1-2,5-6,9,12-14H2,(H,25,29). The number of nitrogens with zero attached hydrogens (tertiary/aromatic N) is 3. The molecule has 2 N–H and O–H groups in total. The fourth-order valence-electron chi connectivity index (χ4n) is 4.32. The van der Waals surface area contributed by atoms with Crippen LogP contribution in [0.25, 0.3) is 22.8 Å². The van der Waals surface area contributed by atoms with Gasteiger partial charge < -0.3 is 15.2 Å². The lowest BCUT2D eigenvalue weighted by molar-refractivity contribution is 0.0946. The van der Waals surface area contributed by atoms with Crippen LogP contribution in [-0.4, -0.2) is 40.5 Å². The highest BCUT2D eigenvalue weighted by atomic mass is 16.1. The number of carbonyl (C=O) groups is 1. The number of rotatable bonds is 3. The van der Waals surface area contributed by atoms with Gasteiger partial charge >= 0.3 is 0 Å². The number of amides is 1. The molecule has 0 unspecified atom stereocenters. The van der Waals surface area contributed by atoms with Crippen molar-refractivity contribution in [2.45, 2.75) is 32.1 Å². The Morgan fingerprint density at radius 1 is 0.966 bits per heavy atom. The molecule has 1 fully saturated rings. The number of anilines is 1. The van der Waals surface area contributed by atoms with Crippen LogP contribution < -0.4 is 10.2 Å². The van der Waals surface area contributed by atoms with Gasteiger partial charge in [0.1, 0.15) is 0 Å². The minimum atomic E-state index is -0.0189. The van der Waals surface area contributed by atoms with Crippen molar-refractivity contribution in [1.29, 1.82) is 0 Å². The molecule has 0 aliphatic carbocycles. The average molecular weight is 387 g/mol. The second-order valence-electron chi connectivity index (χ2n) is 7.77. The average Bonchev–Trinajstić information content (AvgIpc) is 3.03. The number of hydrogen-bond acceptors (Lipinski definition) is 4. The molecule has 0 radical (unpaired) electrons. The van der Waals surface area contributed by atoms with Crippen molar-refractivity contribution in [2.24, 2.45) is 0 Å². The number of para-hydroxylation sites is 1. The van der Waals surface area contributed by atoms with Gasteiger partial charge in [-0.2, -0.15) is 0 Å². The zero-order valence-electron chi connectivity index (χ0n) is 16.4. The van der Waals surface area contributed by atoms with Gasteiger partial charge in [0.2, 0.25) is 0 Å². The van der Waals surface area contributed by atoms with Crippen LogP contribution in [-0.2, 0) is 6.42 Å². The molecule has 5 rings (SSSR count). The lowest BCUT2D eigenvalue weighted by atomic mass is 10.1. The Bertz CT molecular complexity index is 1030. The molecule has 2 aliphatic rings. The summed E-state index contributed by atoms with van der Waals surface area (Å²) in [6.45, 7) is 2.83. The third-order valence-electron chi connectivity index (χ3n) is 5.83. The fourth-order valence-corrected chi connectivity index (χ4v) is 4.32. The second kappa shape index (κ2) is 7.70. The number of aromatic nitrogens is 3. The van der Waals surface area contributed by atoms with E-state index < -0.39 is 0 Å². The zero-order chi connectivity index (χ0) is 19.6. The number of aromatic amines is 1. The van der Waals surface area contributed by atoms with Gasteiger partial charge in [-0.25, -0.2) is 9.97 Å². The van der Waals surface area contributed by atoms with Crippen LogP contribution in [0.3, 0.4) is 0 Å². The molecule has 29 heavy (non-hydrogen) atoms. The molecule has 1 amide bonds. The van der Waals surface area contributed by atoms with Gasteiger partial charge in [-0.1, -0.05) is 25.0 Å². The van der Waals surface area contributed by atoms with Crippen LogP contribution in [0.4, 0.5) is 5.69 Å². The number of fused-ring (bicyclic) bond motifs is 1. The largest absolute Gasteiger partial charge is 0.371 e. The van der Waals surface area contributed by atoms with Crippen molar-refractivity contribution >= 4 is 11.6 Å². The van der Waals surface area contributed by atoms with Crippen LogP contribution >= 0.6 is 0 Å². The lowest BCUT2D eigenvalue weighted by Gasteiger charge is -2.25. The molecular formula is C23H25N5O. The summed E-state index contributed by atoms with van der Waals surface area (Å²) in [5.41, 5.74) is 5.64. The summed E-state index contributed by atoms with van der Waals surface area (Å²) in [6.07, 6.45) is 7.68. The van der Waals surface area contributed by atoms with Gasteiger partial charge in [0.25, 0.3) is 5.91 Å². The first-order valence-electron chi connectivity index (χ1n) is 10.5. The van der Waals surface area contributed by atoms with E-state index in [0.29, 0.717) is 6.54 Å². The fraction of sp³-hybridized carbons (Fsp3) is 0.348. The summed E-state index contributed by atoms with van der Waals surface area (Å²) in [4.78, 5) is 27.4. The van der Waals surface area contributed by atoms with Crippen LogP contribution in [0.15, 0.2) is 42.6 Å². The molecule has 6 nitrogen and oxygen atoms in total. The predicted molar refractivity (Wildman–Crippen MR) is 114 cm³/mol. The molecule has 0 saturated carbocycles. The van der Waals surface area contributed by atoms with Crippen molar-refractivity contribution in [3.05, 3.63) is 53.9 Å². The highest BCUT2D eigenvalue weighted by Gasteiger charge is 2.21. The predicted octanol–water partition coefficient (Wildman–Crippen LogP) is 3.81. The molecule has 6 heteroatoms. The number of H-pyrrole nitrogens is 1. The second-order valence-corrected chi connectivity index (χ2v) is 7.77. The van der Waals surface area contributed by atoms with Crippen molar-refractivity contribution in [2.75, 3.05) is 24.5 Å². The zero-order valence-corrected chi connectivity index (χ0v) is 16.4. The SMILES string of the molecule is O=C1NCCc2[nH]c(-c3ccnc(-c4ccccc4N4CCCCCC4)n3)cc21. The van der Waals surface area contributed by atoms with E-state index in [1.54, 1.807) is 6.20 Å². The molecule has 1 aromatic carbocycles. The highest BCUT2D eigenvalue weighted by Crippen LogP contribution is 2.31. The van der Waals surface area contributed by atoms with E-state index in [-0.39, 0.29) is 5.91 Å². The van der Waals surface area contributed by atoms with Crippen LogP contribution in [0, 0.1) is 0 Å². The van der Waals surface area contributed by atoms with E-state index in [9.17, 15) is 4.79 Å². The highest BCUT2D eigenvalue weighted by molar-refractivity contribution is 5.97. The molecule has 0 atom stereocenters. The lowest BCUT2D eigenvalue weighted by Crippen LogP contribution is -2.31. The van der Waals surface area contributed by atoms with Gasteiger partial charge in [0.05, 0.1) is 17.0 Å². The van der Waals surface area contributed by atoms with Crippen LogP contribution in [0.5, 0.6) is 0 Å². The van der Waals surface area contributed by atoms with Crippen molar-refractivity contribution in [3.63, 3.8) is 0 Å². The Balaban J connectivity index is 1.52. The number of nitrogens with one attached hydrogen (secondary N) is 2. The van der Waals surface area contributed by atoms with Gasteiger partial charge in [0, 0.05) is 49.2 Å². The van der Waals surface area contributed by atoms with E-state index in [0.717, 1.165) is 53.5 Å². The van der Waals surface area contributed by atoms with Crippen LogP contribution in [0.2, 0.25) is 0 Å². The third-order valence-corrected chi connectivity index (χ3v) is 5.83. The first-order chi connectivity index (χ1) is 14.3. The normalized spacial score (nSPS) is 16.8. The Hall–Kier alpha value is -3.15. The molecule has 1 saturated heterocycles. The summed E-state index contributed by atoms with van der Waals surface area (Å²) in [5.74, 6) is 0.703. The molecular weight excluding hydrogens is 362 g/mol. The summed E-state index contributed by atoms with van der Waals surface area (Å²) in [5, 5.41) is 2.89. The van der Waals surface area contributed by atoms with Crippen LogP contribution in [0.1, 0.15) is 41.7 Å². The Morgan fingerprint density at radius 3 is 2.62 bits per heavy atom. The minimum absolute atomic E-state index is 0.0189. The summed E-state index contributed by atoms with van der Waals surface area (Å²) in [6, 6.07) is 12.2. The molecule has 3 aromatic rings. The Kier molecular flexibility index (Phi) is 4.76. The maximum Gasteiger partial charge on any atom is 0.253 e. The molecule has 148 valence electrons. The number of hydrogen-bond donors (Lipinski definition) is 2. The molecule has 2 aliphatic heterocycles. The van der Waals surface area contributed by atoms with E-state index in [2.05, 4.69) is 38.4 Å². The summed E-state index contributed by atoms with van der Waals surface area (Å²) < 4.78 is 0. The third kappa shape index (κ3) is 3.50. The maximum atomic E-state index is 12.1. The number of benzene rings is 1.